The number of nitrogens with zero attached hydrogens (tertiary/aromatic N) is 2. The van der Waals surface area contributed by atoms with E-state index in [1.165, 1.54) is 0 Å². The van der Waals surface area contributed by atoms with Crippen LogP contribution in [0.15, 0.2) is 18.3 Å². The smallest absolute Gasteiger partial charge is 0.255 e. The molecule has 4 nitrogen and oxygen atoms in total. The van der Waals surface area contributed by atoms with Crippen molar-refractivity contribution < 1.29 is 4.79 Å². The highest BCUT2D eigenvalue weighted by atomic mass is 16.2. The fraction of sp³-hybridized carbons (Fsp3) is 0.571. The van der Waals surface area contributed by atoms with E-state index in [0.29, 0.717) is 18.0 Å². The van der Waals surface area contributed by atoms with Gasteiger partial charge in [-0.15, -0.1) is 0 Å². The fourth-order valence-electron chi connectivity index (χ4n) is 2.25. The molecule has 1 fully saturated rings. The summed E-state index contributed by atoms with van der Waals surface area (Å²) in [6.07, 6.45) is 3.68. The van der Waals surface area contributed by atoms with E-state index < -0.39 is 0 Å². The summed E-state index contributed by atoms with van der Waals surface area (Å²) >= 11 is 0. The first-order chi connectivity index (χ1) is 8.58. The van der Waals surface area contributed by atoms with E-state index in [4.69, 9.17) is 5.73 Å². The maximum atomic E-state index is 12.3. The summed E-state index contributed by atoms with van der Waals surface area (Å²) in [5.41, 5.74) is 7.57. The molecule has 2 N–H and O–H groups in total. The summed E-state index contributed by atoms with van der Waals surface area (Å²) in [6.45, 7) is 5.64. The molecule has 1 aliphatic heterocycles. The standard InChI is InChI=1S/C14H21N3O/c1-10(2)13-6-5-11(8-16-13)14(18)17-7-3-4-12(15)9-17/h5-6,8,10,12H,3-4,7,9,15H2,1-2H3/t12-/m0/s1. The second-order valence-electron chi connectivity index (χ2n) is 5.28. The van der Waals surface area contributed by atoms with Gasteiger partial charge in [-0.05, 0) is 30.9 Å². The Balaban J connectivity index is 2.08. The minimum Gasteiger partial charge on any atom is -0.337 e. The van der Waals surface area contributed by atoms with Crippen LogP contribution in [0.25, 0.3) is 0 Å². The second-order valence-corrected chi connectivity index (χ2v) is 5.28. The topological polar surface area (TPSA) is 59.2 Å². The van der Waals surface area contributed by atoms with Gasteiger partial charge < -0.3 is 10.6 Å². The first kappa shape index (κ1) is 13.0. The van der Waals surface area contributed by atoms with Gasteiger partial charge in [-0.25, -0.2) is 0 Å². The van der Waals surface area contributed by atoms with E-state index in [9.17, 15) is 4.79 Å². The van der Waals surface area contributed by atoms with Crippen LogP contribution < -0.4 is 5.73 Å². The van der Waals surface area contributed by atoms with E-state index in [-0.39, 0.29) is 11.9 Å². The van der Waals surface area contributed by atoms with Crippen molar-refractivity contribution in [1.29, 1.82) is 0 Å². The van der Waals surface area contributed by atoms with Gasteiger partial charge in [-0.3, -0.25) is 9.78 Å². The molecule has 2 rings (SSSR count). The molecule has 1 aromatic heterocycles. The van der Waals surface area contributed by atoms with Crippen molar-refractivity contribution >= 4 is 5.91 Å². The van der Waals surface area contributed by atoms with Gasteiger partial charge in [0, 0.05) is 31.0 Å². The zero-order chi connectivity index (χ0) is 13.1. The van der Waals surface area contributed by atoms with E-state index in [2.05, 4.69) is 18.8 Å². The maximum Gasteiger partial charge on any atom is 0.255 e. The lowest BCUT2D eigenvalue weighted by Crippen LogP contribution is -2.45. The molecule has 4 heteroatoms. The lowest BCUT2D eigenvalue weighted by molar-refractivity contribution is 0.0708. The Kier molecular flexibility index (Phi) is 3.97. The first-order valence-corrected chi connectivity index (χ1v) is 6.58. The number of pyridine rings is 1. The van der Waals surface area contributed by atoms with Gasteiger partial charge in [-0.1, -0.05) is 13.8 Å². The van der Waals surface area contributed by atoms with E-state index >= 15 is 0 Å². The quantitative estimate of drug-likeness (QED) is 0.866. The van der Waals surface area contributed by atoms with E-state index in [1.54, 1.807) is 6.20 Å². The van der Waals surface area contributed by atoms with Gasteiger partial charge in [-0.2, -0.15) is 0 Å². The van der Waals surface area contributed by atoms with Crippen LogP contribution in [0.4, 0.5) is 0 Å². The van der Waals surface area contributed by atoms with Crippen molar-refractivity contribution in [2.45, 2.75) is 38.6 Å². The van der Waals surface area contributed by atoms with Gasteiger partial charge in [0.1, 0.15) is 0 Å². The van der Waals surface area contributed by atoms with Crippen molar-refractivity contribution in [2.24, 2.45) is 5.73 Å². The number of carbonyl (C=O) groups is 1. The van der Waals surface area contributed by atoms with Gasteiger partial charge in [0.2, 0.25) is 0 Å². The van der Waals surface area contributed by atoms with Crippen LogP contribution in [0.3, 0.4) is 0 Å². The molecule has 0 unspecified atom stereocenters. The molecule has 1 aliphatic rings. The van der Waals surface area contributed by atoms with Crippen molar-refractivity contribution in [3.63, 3.8) is 0 Å². The van der Waals surface area contributed by atoms with Gasteiger partial charge >= 0.3 is 0 Å². The molecule has 98 valence electrons. The molecule has 1 saturated heterocycles. The Hall–Kier alpha value is -1.42. The molecule has 0 aliphatic carbocycles. The van der Waals surface area contributed by atoms with E-state index in [1.807, 2.05) is 17.0 Å². The number of aromatic nitrogens is 1. The van der Waals surface area contributed by atoms with Crippen LogP contribution in [0.5, 0.6) is 0 Å². The average Bonchev–Trinajstić information content (AvgIpc) is 2.38. The molecule has 18 heavy (non-hydrogen) atoms. The normalized spacial score (nSPS) is 20.2. The van der Waals surface area contributed by atoms with Crippen LogP contribution in [-0.2, 0) is 0 Å². The molecule has 1 atom stereocenters. The average molecular weight is 247 g/mol. The van der Waals surface area contributed by atoms with Crippen LogP contribution in [-0.4, -0.2) is 34.9 Å². The summed E-state index contributed by atoms with van der Waals surface area (Å²) in [4.78, 5) is 18.4. The molecule has 0 spiro atoms. The number of nitrogens with two attached hydrogens (primary N) is 1. The third-order valence-electron chi connectivity index (χ3n) is 3.37. The Labute approximate surface area is 108 Å². The number of hydrogen-bond acceptors (Lipinski definition) is 3. The van der Waals surface area contributed by atoms with Crippen LogP contribution in [0.2, 0.25) is 0 Å². The molecule has 1 amide bonds. The number of amides is 1. The molecule has 2 heterocycles. The molecule has 0 bridgehead atoms. The van der Waals surface area contributed by atoms with Gasteiger partial charge in [0.25, 0.3) is 5.91 Å². The van der Waals surface area contributed by atoms with Crippen LogP contribution in [0.1, 0.15) is 48.7 Å². The summed E-state index contributed by atoms with van der Waals surface area (Å²) in [7, 11) is 0. The largest absolute Gasteiger partial charge is 0.337 e. The highest BCUT2D eigenvalue weighted by molar-refractivity contribution is 5.94. The highest BCUT2D eigenvalue weighted by Crippen LogP contribution is 2.15. The van der Waals surface area contributed by atoms with E-state index in [0.717, 1.165) is 25.1 Å². The number of likely N-dealkylation sites (tertiary alicyclic amines) is 1. The van der Waals surface area contributed by atoms with Gasteiger partial charge in [0.05, 0.1) is 5.56 Å². The fourth-order valence-corrected chi connectivity index (χ4v) is 2.25. The predicted octanol–water partition coefficient (Wildman–Crippen LogP) is 1.77. The SMILES string of the molecule is CC(C)c1ccc(C(=O)N2CCC[C@H](N)C2)cn1. The Morgan fingerprint density at radius 3 is 2.83 bits per heavy atom. The summed E-state index contributed by atoms with van der Waals surface area (Å²) in [5.74, 6) is 0.436. The van der Waals surface area contributed by atoms with Crippen molar-refractivity contribution in [2.75, 3.05) is 13.1 Å². The Morgan fingerprint density at radius 1 is 1.50 bits per heavy atom. The van der Waals surface area contributed by atoms with Crippen LogP contribution in [0, 0.1) is 0 Å². The van der Waals surface area contributed by atoms with Crippen molar-refractivity contribution in [3.8, 4) is 0 Å². The lowest BCUT2D eigenvalue weighted by Gasteiger charge is -2.30. The molecular formula is C14H21N3O. The lowest BCUT2D eigenvalue weighted by atomic mass is 10.1. The zero-order valence-electron chi connectivity index (χ0n) is 11.1. The Bertz CT molecular complexity index is 414. The number of piperidine rings is 1. The summed E-state index contributed by atoms with van der Waals surface area (Å²) in [5, 5.41) is 0. The van der Waals surface area contributed by atoms with Crippen molar-refractivity contribution in [1.82, 2.24) is 9.88 Å². The molecule has 0 radical (unpaired) electrons. The molecular weight excluding hydrogens is 226 g/mol. The zero-order valence-corrected chi connectivity index (χ0v) is 11.1. The summed E-state index contributed by atoms with van der Waals surface area (Å²) < 4.78 is 0. The third-order valence-corrected chi connectivity index (χ3v) is 3.37. The van der Waals surface area contributed by atoms with Crippen molar-refractivity contribution in [3.05, 3.63) is 29.6 Å². The monoisotopic (exact) mass is 247 g/mol. The predicted molar refractivity (Wildman–Crippen MR) is 71.4 cm³/mol. The minimum absolute atomic E-state index is 0.0490. The highest BCUT2D eigenvalue weighted by Gasteiger charge is 2.22. The molecule has 0 saturated carbocycles. The Morgan fingerprint density at radius 2 is 2.28 bits per heavy atom. The first-order valence-electron chi connectivity index (χ1n) is 6.58. The summed E-state index contributed by atoms with van der Waals surface area (Å²) in [6, 6.07) is 3.91. The third kappa shape index (κ3) is 2.88. The molecule has 0 aromatic carbocycles. The number of hydrogen-bond donors (Lipinski definition) is 1. The maximum absolute atomic E-state index is 12.3. The number of rotatable bonds is 2. The second kappa shape index (κ2) is 5.48. The van der Waals surface area contributed by atoms with Gasteiger partial charge in [0.15, 0.2) is 0 Å². The minimum atomic E-state index is 0.0490. The molecule has 1 aromatic rings. The number of carbonyl (C=O) groups excluding carboxylic acids is 1. The van der Waals surface area contributed by atoms with Crippen LogP contribution >= 0.6 is 0 Å².